The van der Waals surface area contributed by atoms with Gasteiger partial charge in [0.2, 0.25) is 0 Å². The van der Waals surface area contributed by atoms with E-state index in [9.17, 15) is 9.59 Å². The summed E-state index contributed by atoms with van der Waals surface area (Å²) in [6.07, 6.45) is 6.73. The molecule has 1 N–H and O–H groups in total. The van der Waals surface area contributed by atoms with Gasteiger partial charge in [-0.3, -0.25) is 9.59 Å². The quantitative estimate of drug-likeness (QED) is 0.740. The smallest absolute Gasteiger partial charge is 0.271 e. The van der Waals surface area contributed by atoms with Crippen molar-refractivity contribution >= 4 is 5.91 Å². The number of aromatic nitrogens is 2. The molecule has 0 unspecified atom stereocenters. The van der Waals surface area contributed by atoms with E-state index in [-0.39, 0.29) is 11.5 Å². The maximum atomic E-state index is 12.1. The summed E-state index contributed by atoms with van der Waals surface area (Å²) >= 11 is 0. The Balaban J connectivity index is 1.77. The van der Waals surface area contributed by atoms with E-state index < -0.39 is 0 Å². The molecule has 0 radical (unpaired) electrons. The van der Waals surface area contributed by atoms with Gasteiger partial charge in [-0.1, -0.05) is 19.8 Å². The van der Waals surface area contributed by atoms with Gasteiger partial charge in [0.25, 0.3) is 11.5 Å². The molecule has 0 atom stereocenters. The predicted octanol–water partition coefficient (Wildman–Crippen LogP) is 1.65. The Morgan fingerprint density at radius 1 is 1.17 bits per heavy atom. The van der Waals surface area contributed by atoms with Crippen LogP contribution in [0.1, 0.15) is 55.9 Å². The molecule has 1 aliphatic heterocycles. The fourth-order valence-corrected chi connectivity index (χ4v) is 2.82. The summed E-state index contributed by atoms with van der Waals surface area (Å²) in [5, 5.41) is 7.06. The van der Waals surface area contributed by atoms with Crippen molar-refractivity contribution in [2.24, 2.45) is 0 Å². The summed E-state index contributed by atoms with van der Waals surface area (Å²) in [7, 11) is 0. The van der Waals surface area contributed by atoms with Crippen LogP contribution in [0.5, 0.6) is 0 Å². The lowest BCUT2D eigenvalue weighted by Gasteiger charge is -2.26. The molecule has 1 aromatic rings. The van der Waals surface area contributed by atoms with Gasteiger partial charge in [0.05, 0.1) is 0 Å². The van der Waals surface area contributed by atoms with Crippen LogP contribution in [-0.4, -0.2) is 46.8 Å². The van der Waals surface area contributed by atoms with Crippen LogP contribution in [-0.2, 0) is 6.54 Å². The number of likely N-dealkylation sites (tertiary alicyclic amines) is 1. The Morgan fingerprint density at radius 2 is 1.96 bits per heavy atom. The first-order valence-electron chi connectivity index (χ1n) is 8.79. The molecule has 1 aliphatic rings. The van der Waals surface area contributed by atoms with Crippen LogP contribution in [0.3, 0.4) is 0 Å². The van der Waals surface area contributed by atoms with Gasteiger partial charge in [-0.25, -0.2) is 4.68 Å². The van der Waals surface area contributed by atoms with Crippen LogP contribution in [0.4, 0.5) is 0 Å². The molecule has 1 fully saturated rings. The third-order valence-corrected chi connectivity index (χ3v) is 4.21. The number of aryl methyl sites for hydroxylation is 1. The van der Waals surface area contributed by atoms with Crippen molar-refractivity contribution in [3.8, 4) is 0 Å². The first-order valence-corrected chi connectivity index (χ1v) is 8.79. The van der Waals surface area contributed by atoms with Crippen molar-refractivity contribution in [1.29, 1.82) is 0 Å². The molecular weight excluding hydrogens is 292 g/mol. The van der Waals surface area contributed by atoms with Gasteiger partial charge in [0.1, 0.15) is 5.69 Å². The molecule has 2 rings (SSSR count). The highest BCUT2D eigenvalue weighted by atomic mass is 16.2. The molecule has 2 heterocycles. The third-order valence-electron chi connectivity index (χ3n) is 4.21. The SMILES string of the molecule is CCCCn1nc(C(=O)NCCCN2CCCCC2)ccc1=O. The normalized spacial score (nSPS) is 15.5. The Kier molecular flexibility index (Phi) is 7.26. The van der Waals surface area contributed by atoms with Gasteiger partial charge in [-0.15, -0.1) is 0 Å². The Morgan fingerprint density at radius 3 is 2.70 bits per heavy atom. The first kappa shape index (κ1) is 17.7. The minimum Gasteiger partial charge on any atom is -0.351 e. The fourth-order valence-electron chi connectivity index (χ4n) is 2.82. The molecule has 6 nitrogen and oxygen atoms in total. The van der Waals surface area contributed by atoms with Gasteiger partial charge in [0, 0.05) is 19.2 Å². The molecule has 23 heavy (non-hydrogen) atoms. The summed E-state index contributed by atoms with van der Waals surface area (Å²) in [5.74, 6) is -0.200. The number of hydrogen-bond donors (Lipinski definition) is 1. The molecule has 0 aromatic carbocycles. The highest BCUT2D eigenvalue weighted by Crippen LogP contribution is 2.08. The van der Waals surface area contributed by atoms with Crippen molar-refractivity contribution in [2.45, 2.75) is 52.0 Å². The zero-order chi connectivity index (χ0) is 16.5. The van der Waals surface area contributed by atoms with E-state index in [4.69, 9.17) is 0 Å². The highest BCUT2D eigenvalue weighted by molar-refractivity contribution is 5.91. The molecule has 6 heteroatoms. The Labute approximate surface area is 137 Å². The molecule has 1 aromatic heterocycles. The zero-order valence-corrected chi connectivity index (χ0v) is 14.1. The van der Waals surface area contributed by atoms with Gasteiger partial charge in [0.15, 0.2) is 0 Å². The number of unbranched alkanes of at least 4 members (excludes halogenated alkanes) is 1. The summed E-state index contributed by atoms with van der Waals surface area (Å²) in [4.78, 5) is 26.3. The maximum absolute atomic E-state index is 12.1. The number of carbonyl (C=O) groups excluding carboxylic acids is 1. The van der Waals surface area contributed by atoms with Gasteiger partial charge < -0.3 is 10.2 Å². The molecule has 1 amide bonds. The second-order valence-corrected chi connectivity index (χ2v) is 6.15. The summed E-state index contributed by atoms with van der Waals surface area (Å²) in [6, 6.07) is 2.93. The number of nitrogens with zero attached hydrogens (tertiary/aromatic N) is 3. The van der Waals surface area contributed by atoms with Crippen molar-refractivity contribution < 1.29 is 4.79 Å². The van der Waals surface area contributed by atoms with Crippen LogP contribution >= 0.6 is 0 Å². The standard InChI is InChI=1S/C17H28N4O2/c1-2-3-14-21-16(22)9-8-15(19-21)17(23)18-10-7-13-20-11-5-4-6-12-20/h8-9H,2-7,10-14H2,1H3,(H,18,23). The number of hydrogen-bond acceptors (Lipinski definition) is 4. The first-order chi connectivity index (χ1) is 11.2. The van der Waals surface area contributed by atoms with E-state index in [1.807, 2.05) is 0 Å². The van der Waals surface area contributed by atoms with Crippen molar-refractivity contribution in [3.63, 3.8) is 0 Å². The van der Waals surface area contributed by atoms with Crippen LogP contribution in [0.15, 0.2) is 16.9 Å². The summed E-state index contributed by atoms with van der Waals surface area (Å²) < 4.78 is 1.38. The molecule has 0 saturated carbocycles. The largest absolute Gasteiger partial charge is 0.351 e. The lowest BCUT2D eigenvalue weighted by molar-refractivity contribution is 0.0943. The summed E-state index contributed by atoms with van der Waals surface area (Å²) in [5.41, 5.74) is 0.166. The van der Waals surface area contributed by atoms with E-state index >= 15 is 0 Å². The molecule has 0 bridgehead atoms. The van der Waals surface area contributed by atoms with Crippen molar-refractivity contribution in [2.75, 3.05) is 26.2 Å². The molecule has 0 aliphatic carbocycles. The van der Waals surface area contributed by atoms with E-state index in [2.05, 4.69) is 22.2 Å². The number of nitrogens with one attached hydrogen (secondary N) is 1. The molecule has 0 spiro atoms. The third kappa shape index (κ3) is 5.78. The lowest BCUT2D eigenvalue weighted by atomic mass is 10.1. The average Bonchev–Trinajstić information content (AvgIpc) is 2.58. The molecular formula is C17H28N4O2. The number of amides is 1. The van der Waals surface area contributed by atoms with E-state index in [0.717, 1.165) is 25.8 Å². The minimum atomic E-state index is -0.200. The van der Waals surface area contributed by atoms with Crippen LogP contribution in [0.2, 0.25) is 0 Å². The monoisotopic (exact) mass is 320 g/mol. The van der Waals surface area contributed by atoms with Crippen molar-refractivity contribution in [1.82, 2.24) is 20.0 Å². The van der Waals surface area contributed by atoms with Crippen molar-refractivity contribution in [3.05, 3.63) is 28.2 Å². The Hall–Kier alpha value is -1.69. The van der Waals surface area contributed by atoms with Crippen LogP contribution < -0.4 is 10.9 Å². The summed E-state index contributed by atoms with van der Waals surface area (Å²) in [6.45, 7) is 6.65. The number of rotatable bonds is 8. The second-order valence-electron chi connectivity index (χ2n) is 6.15. The maximum Gasteiger partial charge on any atom is 0.271 e. The molecule has 1 saturated heterocycles. The zero-order valence-electron chi connectivity index (χ0n) is 14.1. The number of piperidine rings is 1. The van der Waals surface area contributed by atoms with Crippen LogP contribution in [0.25, 0.3) is 0 Å². The van der Waals surface area contributed by atoms with Gasteiger partial charge >= 0.3 is 0 Å². The minimum absolute atomic E-state index is 0.153. The Bertz CT molecular complexity index is 550. The number of carbonyl (C=O) groups is 1. The highest BCUT2D eigenvalue weighted by Gasteiger charge is 2.11. The van der Waals surface area contributed by atoms with E-state index in [0.29, 0.717) is 18.8 Å². The molecule has 128 valence electrons. The van der Waals surface area contributed by atoms with Gasteiger partial charge in [-0.05, 0) is 51.4 Å². The topological polar surface area (TPSA) is 67.2 Å². The predicted molar refractivity (Wildman–Crippen MR) is 90.6 cm³/mol. The van der Waals surface area contributed by atoms with Gasteiger partial charge in [-0.2, -0.15) is 5.10 Å². The van der Waals surface area contributed by atoms with Crippen LogP contribution in [0, 0.1) is 0 Å². The fraction of sp³-hybridized carbons (Fsp3) is 0.706. The van der Waals surface area contributed by atoms with E-state index in [1.165, 1.54) is 49.2 Å². The lowest BCUT2D eigenvalue weighted by Crippen LogP contribution is -2.34. The van der Waals surface area contributed by atoms with E-state index in [1.54, 1.807) is 0 Å². The second kappa shape index (κ2) is 9.45. The average molecular weight is 320 g/mol.